The van der Waals surface area contributed by atoms with Gasteiger partial charge in [0.25, 0.3) is 0 Å². The summed E-state index contributed by atoms with van der Waals surface area (Å²) < 4.78 is 42.2. The molecule has 5 aromatic carbocycles. The number of anilines is 2. The van der Waals surface area contributed by atoms with Gasteiger partial charge in [0.2, 0.25) is 5.69 Å². The van der Waals surface area contributed by atoms with Crippen LogP contribution in [0.15, 0.2) is 138 Å². The Bertz CT molecular complexity index is 2920. The number of carbonyl (C=O) groups is 1. The first-order valence-electron chi connectivity index (χ1n) is 21.5. The van der Waals surface area contributed by atoms with Crippen LogP contribution in [0.4, 0.5) is 17.1 Å². The van der Waals surface area contributed by atoms with E-state index in [1.54, 1.807) is 0 Å². The smallest absolute Gasteiger partial charge is 0.748 e. The summed E-state index contributed by atoms with van der Waals surface area (Å²) in [5, 5.41) is 29.2. The zero-order valence-corrected chi connectivity index (χ0v) is 41.0. The zero-order chi connectivity index (χ0) is 45.4. The number of nitrogen functional groups attached to an aromatic ring is 1. The number of hydrogen-bond acceptors (Lipinski definition) is 10. The molecule has 3 aliphatic rings. The van der Waals surface area contributed by atoms with Gasteiger partial charge in [0.1, 0.15) is 6.54 Å². The van der Waals surface area contributed by atoms with Crippen molar-refractivity contribution >= 4 is 78.0 Å². The van der Waals surface area contributed by atoms with E-state index in [4.69, 9.17) is 5.73 Å². The molecular weight excluding hydrogens is 870 g/mol. The maximum atomic E-state index is 13.1. The van der Waals surface area contributed by atoms with Gasteiger partial charge in [0.15, 0.2) is 5.71 Å². The predicted molar refractivity (Wildman–Crippen MR) is 253 cm³/mol. The van der Waals surface area contributed by atoms with Gasteiger partial charge in [-0.2, -0.15) is 8.91 Å². The Morgan fingerprint density at radius 2 is 1.54 bits per heavy atom. The molecule has 11 nitrogen and oxygen atoms in total. The Hall–Kier alpha value is -4.54. The van der Waals surface area contributed by atoms with Crippen molar-refractivity contribution in [2.24, 2.45) is 5.92 Å². The van der Waals surface area contributed by atoms with E-state index in [0.29, 0.717) is 37.4 Å². The van der Waals surface area contributed by atoms with Crippen LogP contribution < -0.4 is 45.4 Å². The fourth-order valence-electron chi connectivity index (χ4n) is 10.2. The van der Waals surface area contributed by atoms with Gasteiger partial charge in [-0.15, -0.1) is 0 Å². The molecule has 0 aromatic heterocycles. The van der Waals surface area contributed by atoms with Crippen molar-refractivity contribution in [2.75, 3.05) is 35.2 Å². The fraction of sp³-hybridized carbons (Fsp3) is 0.294. The summed E-state index contributed by atoms with van der Waals surface area (Å²) in [6.07, 6.45) is 9.71. The van der Waals surface area contributed by atoms with Crippen LogP contribution in [0.5, 0.6) is 0 Å². The van der Waals surface area contributed by atoms with Gasteiger partial charge in [-0.3, -0.25) is 9.83 Å². The molecule has 0 radical (unpaired) electrons. The Labute approximate surface area is 407 Å². The molecule has 5 aromatic rings. The van der Waals surface area contributed by atoms with E-state index in [1.165, 1.54) is 5.56 Å². The normalized spacial score (nSPS) is 19.2. The van der Waals surface area contributed by atoms with Crippen molar-refractivity contribution in [3.8, 4) is 0 Å². The van der Waals surface area contributed by atoms with Gasteiger partial charge in [-0.25, -0.2) is 8.42 Å². The van der Waals surface area contributed by atoms with Gasteiger partial charge in [-0.05, 0) is 113 Å². The largest absolute Gasteiger partial charge is 1.00 e. The number of aliphatic carboxylic acids is 1. The van der Waals surface area contributed by atoms with Crippen LogP contribution in [0.25, 0.3) is 27.1 Å². The Balaban J connectivity index is 0.00000630. The van der Waals surface area contributed by atoms with E-state index < -0.39 is 38.6 Å². The van der Waals surface area contributed by atoms with Crippen LogP contribution in [0.1, 0.15) is 70.1 Å². The second-order valence-electron chi connectivity index (χ2n) is 17.8. The molecule has 3 N–H and O–H groups in total. The van der Waals surface area contributed by atoms with Crippen molar-refractivity contribution in [1.82, 2.24) is 0 Å². The molecule has 1 unspecified atom stereocenters. The van der Waals surface area contributed by atoms with E-state index >= 15 is 0 Å². The van der Waals surface area contributed by atoms with Crippen LogP contribution in [0.2, 0.25) is 0 Å². The molecule has 8 rings (SSSR count). The van der Waals surface area contributed by atoms with Crippen LogP contribution in [-0.4, -0.2) is 58.9 Å². The number of allylic oxidation sites excluding steroid dienone is 8. The van der Waals surface area contributed by atoms with Crippen molar-refractivity contribution in [3.63, 3.8) is 0 Å². The molecule has 1 aliphatic carbocycles. The molecule has 0 saturated heterocycles. The summed E-state index contributed by atoms with van der Waals surface area (Å²) in [5.74, 6) is -1.56. The number of carboxylic acids is 1. The first kappa shape index (κ1) is 48.4. The maximum absolute atomic E-state index is 13.1. The molecule has 14 heteroatoms. The van der Waals surface area contributed by atoms with Crippen LogP contribution in [0, 0.1) is 5.92 Å². The number of benzene rings is 5. The molecule has 0 amide bonds. The monoisotopic (exact) mass is 921 g/mol. The number of carboxylic acid groups (broad SMARTS) is 1. The van der Waals surface area contributed by atoms with Gasteiger partial charge < -0.3 is 25.6 Å². The van der Waals surface area contributed by atoms with Crippen LogP contribution >= 0.6 is 12.0 Å². The van der Waals surface area contributed by atoms with Gasteiger partial charge in [-0.1, -0.05) is 92.7 Å². The third kappa shape index (κ3) is 9.81. The van der Waals surface area contributed by atoms with E-state index in [0.717, 1.165) is 84.2 Å². The van der Waals surface area contributed by atoms with E-state index in [1.807, 2.05) is 48.5 Å². The summed E-state index contributed by atoms with van der Waals surface area (Å²) in [5.41, 5.74) is 15.7. The van der Waals surface area contributed by atoms with Crippen molar-refractivity contribution in [1.29, 1.82) is 0 Å². The summed E-state index contributed by atoms with van der Waals surface area (Å²) in [6, 6.07) is 32.6. The predicted octanol–water partition coefficient (Wildman–Crippen LogP) is 6.27. The van der Waals surface area contributed by atoms with Crippen molar-refractivity contribution in [3.05, 3.63) is 155 Å². The van der Waals surface area contributed by atoms with E-state index in [-0.39, 0.29) is 42.4 Å². The summed E-state index contributed by atoms with van der Waals surface area (Å²) >= 11 is 0.963. The Morgan fingerprint density at radius 1 is 0.877 bits per heavy atom. The average Bonchev–Trinajstić information content (AvgIpc) is 3.62. The first-order chi connectivity index (χ1) is 30.6. The summed E-state index contributed by atoms with van der Waals surface area (Å²) in [4.78, 5) is 15.2. The maximum Gasteiger partial charge on any atom is 1.00 e. The second kappa shape index (κ2) is 19.7. The number of fused-ring (bicyclic) bond motifs is 6. The minimum atomic E-state index is -4.43. The zero-order valence-electron chi connectivity index (χ0n) is 37.4. The molecule has 0 saturated carbocycles. The Kier molecular flexibility index (Phi) is 14.7. The van der Waals surface area contributed by atoms with Gasteiger partial charge >= 0.3 is 35.5 Å². The van der Waals surface area contributed by atoms with E-state index in [2.05, 4.69) is 119 Å². The molecule has 2 heterocycles. The quantitative estimate of drug-likeness (QED) is 0.0178. The third-order valence-corrected chi connectivity index (χ3v) is 14.4. The third-order valence-electron chi connectivity index (χ3n) is 13.0. The fourth-order valence-corrected chi connectivity index (χ4v) is 11.0. The van der Waals surface area contributed by atoms with Crippen LogP contribution in [-0.2, 0) is 35.1 Å². The summed E-state index contributed by atoms with van der Waals surface area (Å²) in [7, 11) is -4.43. The topological polar surface area (TPSA) is 168 Å². The standard InChI is InChI=1S/C51H53N3O8S2.Na/c1-50(2)44(53(27-9-29-63-62-61-57)42-23-17-33-11-5-7-13-40(33)47(42)50)25-19-36-31-38(49(55)56)32-37(46(36)35-15-21-39(52)22-16-35)20-26-45-51(3,4)48-41-14-8-6-12-34(41)18-24-43(48)54(45)28-10-30-64(58,59)60;/h5-8,11-26,38,52H,9-10,27-32H2,1-4H3,(H3,55,56,57,58,59,60);/q;+1/p-1/b37-20+,45-26+;. The van der Waals surface area contributed by atoms with Crippen molar-refractivity contribution < 1.29 is 71.6 Å². The molecule has 2 aliphatic heterocycles. The first-order valence-corrected chi connectivity index (χ1v) is 24.0. The summed E-state index contributed by atoms with van der Waals surface area (Å²) in [6.45, 7) is 9.67. The van der Waals surface area contributed by atoms with Gasteiger partial charge in [0.05, 0.1) is 21.5 Å². The molecule has 0 spiro atoms. The Morgan fingerprint density at radius 3 is 2.20 bits per heavy atom. The SMILES string of the molecule is CC1(C)C(/C=C/C2=C(c3ccc(N)cc3)C(=C/C=C3/N(CCCS(=O)(=O)[O-])c4ccc5ccccc5c4C3(C)C)/CC(C(=O)O)C2)=[N+](CCCSOO[O-])c2ccc3ccccc3c21.[Na+]. The molecule has 65 heavy (non-hydrogen) atoms. The molecule has 0 bridgehead atoms. The van der Waals surface area contributed by atoms with Crippen LogP contribution in [0.3, 0.4) is 0 Å². The number of nitrogens with two attached hydrogens (primary N) is 1. The number of nitrogens with zero attached hydrogens (tertiary/aromatic N) is 2. The van der Waals surface area contributed by atoms with E-state index in [9.17, 15) is 28.1 Å². The molecule has 1 atom stereocenters. The van der Waals surface area contributed by atoms with Gasteiger partial charge in [0, 0.05) is 76.7 Å². The molecule has 332 valence electrons. The van der Waals surface area contributed by atoms with Crippen molar-refractivity contribution in [2.45, 2.75) is 64.2 Å². The number of rotatable bonds is 15. The minimum Gasteiger partial charge on any atom is -0.748 e. The number of hydrogen-bond donors (Lipinski definition) is 2. The average molecular weight is 922 g/mol. The molecular formula is C51H52N3NaO8S2. The minimum absolute atomic E-state index is 0. The molecule has 0 fully saturated rings. The second-order valence-corrected chi connectivity index (χ2v) is 20.1.